The molecule has 0 fully saturated rings. The summed E-state index contributed by atoms with van der Waals surface area (Å²) < 4.78 is 49.4. The first kappa shape index (κ1) is 23.0. The van der Waals surface area contributed by atoms with E-state index in [0.29, 0.717) is 5.82 Å². The lowest BCUT2D eigenvalue weighted by atomic mass is 9.96. The zero-order valence-corrected chi connectivity index (χ0v) is 18.0. The molecule has 1 heterocycles. The number of benzene rings is 1. The minimum Gasteiger partial charge on any atom is -0.453 e. The number of esters is 1. The summed E-state index contributed by atoms with van der Waals surface area (Å²) in [5.41, 5.74) is -0.286. The van der Waals surface area contributed by atoms with Gasteiger partial charge in [-0.2, -0.15) is 4.98 Å². The van der Waals surface area contributed by atoms with Crippen LogP contribution in [0.2, 0.25) is 0 Å². The number of ether oxygens (including phenoxy) is 1. The molecule has 1 aromatic carbocycles. The molecule has 160 valence electrons. The van der Waals surface area contributed by atoms with E-state index in [1.54, 1.807) is 6.92 Å². The van der Waals surface area contributed by atoms with Crippen molar-refractivity contribution in [1.29, 1.82) is 0 Å². The number of carbonyl (C=O) groups is 1. The Labute approximate surface area is 170 Å². The summed E-state index contributed by atoms with van der Waals surface area (Å²) in [4.78, 5) is 16.3. The normalized spacial score (nSPS) is 13.5. The average molecular weight is 427 g/mol. The van der Waals surface area contributed by atoms with Crippen LogP contribution in [0, 0.1) is 5.82 Å². The predicted octanol–water partition coefficient (Wildman–Crippen LogP) is 3.21. The van der Waals surface area contributed by atoms with Crippen LogP contribution in [0.25, 0.3) is 0 Å². The summed E-state index contributed by atoms with van der Waals surface area (Å²) in [6, 6.07) is 4.57. The van der Waals surface area contributed by atoms with Crippen LogP contribution < -0.4 is 0 Å². The molecule has 10 heteroatoms. The Morgan fingerprint density at radius 2 is 1.90 bits per heavy atom. The summed E-state index contributed by atoms with van der Waals surface area (Å²) >= 11 is 0. The highest BCUT2D eigenvalue weighted by Gasteiger charge is 2.25. The van der Waals surface area contributed by atoms with Crippen molar-refractivity contribution < 1.29 is 26.9 Å². The molecule has 0 aliphatic heterocycles. The van der Waals surface area contributed by atoms with Gasteiger partial charge in [-0.05, 0) is 37.6 Å². The molecule has 0 saturated carbocycles. The first-order chi connectivity index (χ1) is 13.4. The van der Waals surface area contributed by atoms with Gasteiger partial charge in [0.05, 0.1) is 4.90 Å². The summed E-state index contributed by atoms with van der Waals surface area (Å²) in [7, 11) is -2.35. The molecule has 0 N–H and O–H groups in total. The van der Waals surface area contributed by atoms with Gasteiger partial charge in [-0.15, -0.1) is 0 Å². The third-order valence-electron chi connectivity index (χ3n) is 4.14. The Balaban J connectivity index is 1.84. The van der Waals surface area contributed by atoms with Crippen LogP contribution >= 0.6 is 0 Å². The SMILES string of the molecule is CC(OC(=O)CCCN(C)S(=O)(=O)c1ccc(F)cc1)c1nc(C(C)(C)C)no1. The topological polar surface area (TPSA) is 103 Å². The summed E-state index contributed by atoms with van der Waals surface area (Å²) in [5, 5.41) is 3.89. The molecule has 0 saturated heterocycles. The average Bonchev–Trinajstić information content (AvgIpc) is 3.12. The second-order valence-corrected chi connectivity index (χ2v) is 9.77. The maximum Gasteiger partial charge on any atom is 0.306 e. The van der Waals surface area contributed by atoms with Crippen molar-refractivity contribution in [2.24, 2.45) is 0 Å². The highest BCUT2D eigenvalue weighted by atomic mass is 32.2. The van der Waals surface area contributed by atoms with Gasteiger partial charge in [0.2, 0.25) is 10.0 Å². The fourth-order valence-electron chi connectivity index (χ4n) is 2.36. The predicted molar refractivity (Wildman–Crippen MR) is 103 cm³/mol. The number of carbonyl (C=O) groups excluding carboxylic acids is 1. The van der Waals surface area contributed by atoms with Crippen LogP contribution in [-0.2, 0) is 25.0 Å². The van der Waals surface area contributed by atoms with Gasteiger partial charge in [-0.3, -0.25) is 4.79 Å². The van der Waals surface area contributed by atoms with Crippen LogP contribution in [0.15, 0.2) is 33.7 Å². The Kier molecular flexibility index (Phi) is 7.12. The van der Waals surface area contributed by atoms with E-state index in [1.807, 2.05) is 20.8 Å². The van der Waals surface area contributed by atoms with Crippen molar-refractivity contribution in [3.63, 3.8) is 0 Å². The lowest BCUT2D eigenvalue weighted by Crippen LogP contribution is -2.28. The van der Waals surface area contributed by atoms with E-state index in [2.05, 4.69) is 10.1 Å². The van der Waals surface area contributed by atoms with Crippen molar-refractivity contribution in [1.82, 2.24) is 14.4 Å². The van der Waals surface area contributed by atoms with E-state index in [4.69, 9.17) is 9.26 Å². The highest BCUT2D eigenvalue weighted by Crippen LogP contribution is 2.22. The quantitative estimate of drug-likeness (QED) is 0.596. The molecule has 2 rings (SSSR count). The molecule has 0 amide bonds. The van der Waals surface area contributed by atoms with Crippen molar-refractivity contribution in [2.45, 2.75) is 57.0 Å². The van der Waals surface area contributed by atoms with E-state index >= 15 is 0 Å². The molecule has 0 aliphatic rings. The summed E-state index contributed by atoms with van der Waals surface area (Å²) in [6.45, 7) is 7.55. The fourth-order valence-corrected chi connectivity index (χ4v) is 3.57. The summed E-state index contributed by atoms with van der Waals surface area (Å²) in [6.07, 6.45) is -0.417. The molecule has 2 aromatic rings. The Morgan fingerprint density at radius 3 is 2.45 bits per heavy atom. The number of aromatic nitrogens is 2. The first-order valence-electron chi connectivity index (χ1n) is 9.16. The minimum atomic E-state index is -3.75. The first-order valence-corrected chi connectivity index (χ1v) is 10.6. The molecule has 1 unspecified atom stereocenters. The van der Waals surface area contributed by atoms with Gasteiger partial charge in [0.1, 0.15) is 5.82 Å². The van der Waals surface area contributed by atoms with E-state index in [-0.39, 0.29) is 35.6 Å². The fraction of sp³-hybridized carbons (Fsp3) is 0.526. The van der Waals surface area contributed by atoms with Gasteiger partial charge in [-0.25, -0.2) is 17.1 Å². The maximum atomic E-state index is 13.0. The third kappa shape index (κ3) is 6.07. The van der Waals surface area contributed by atoms with Crippen molar-refractivity contribution in [3.8, 4) is 0 Å². The molecule has 0 aliphatic carbocycles. The van der Waals surface area contributed by atoms with Gasteiger partial charge < -0.3 is 9.26 Å². The molecular weight excluding hydrogens is 401 g/mol. The number of nitrogens with zero attached hydrogens (tertiary/aromatic N) is 3. The van der Waals surface area contributed by atoms with Gasteiger partial charge in [0.15, 0.2) is 11.9 Å². The molecular formula is C19H26FN3O5S. The lowest BCUT2D eigenvalue weighted by Gasteiger charge is -2.17. The van der Waals surface area contributed by atoms with Gasteiger partial charge in [0.25, 0.3) is 5.89 Å². The second kappa shape index (κ2) is 9.00. The van der Waals surface area contributed by atoms with E-state index < -0.39 is 27.9 Å². The zero-order chi connectivity index (χ0) is 21.8. The smallest absolute Gasteiger partial charge is 0.306 e. The number of halogens is 1. The largest absolute Gasteiger partial charge is 0.453 e. The number of rotatable bonds is 8. The van der Waals surface area contributed by atoms with E-state index in [9.17, 15) is 17.6 Å². The number of hydrogen-bond donors (Lipinski definition) is 0. The Bertz CT molecular complexity index is 935. The van der Waals surface area contributed by atoms with E-state index in [1.165, 1.54) is 19.2 Å². The van der Waals surface area contributed by atoms with Crippen LogP contribution in [0.1, 0.15) is 58.4 Å². The molecule has 29 heavy (non-hydrogen) atoms. The number of hydrogen-bond acceptors (Lipinski definition) is 7. The van der Waals surface area contributed by atoms with Crippen LogP contribution in [0.5, 0.6) is 0 Å². The molecule has 0 bridgehead atoms. The van der Waals surface area contributed by atoms with Crippen molar-refractivity contribution in [2.75, 3.05) is 13.6 Å². The lowest BCUT2D eigenvalue weighted by molar-refractivity contribution is -0.149. The monoisotopic (exact) mass is 427 g/mol. The maximum absolute atomic E-state index is 13.0. The second-order valence-electron chi connectivity index (χ2n) is 7.72. The molecule has 0 radical (unpaired) electrons. The Morgan fingerprint density at radius 1 is 1.28 bits per heavy atom. The van der Waals surface area contributed by atoms with Crippen LogP contribution in [-0.4, -0.2) is 42.4 Å². The molecule has 1 aromatic heterocycles. The van der Waals surface area contributed by atoms with E-state index in [0.717, 1.165) is 16.4 Å². The van der Waals surface area contributed by atoms with Crippen LogP contribution in [0.4, 0.5) is 4.39 Å². The molecule has 1 atom stereocenters. The van der Waals surface area contributed by atoms with Gasteiger partial charge in [-0.1, -0.05) is 25.9 Å². The minimum absolute atomic E-state index is 0.0105. The molecule has 8 nitrogen and oxygen atoms in total. The van der Waals surface area contributed by atoms with Crippen molar-refractivity contribution >= 4 is 16.0 Å². The van der Waals surface area contributed by atoms with Crippen molar-refractivity contribution in [3.05, 3.63) is 41.8 Å². The number of sulfonamides is 1. The van der Waals surface area contributed by atoms with Gasteiger partial charge >= 0.3 is 5.97 Å². The van der Waals surface area contributed by atoms with Gasteiger partial charge in [0, 0.05) is 25.4 Å². The highest BCUT2D eigenvalue weighted by molar-refractivity contribution is 7.89. The standard InChI is InChI=1S/C19H26FN3O5S/c1-13(17-21-18(22-28-17)19(2,3)4)27-16(24)7-6-12-23(5)29(25,26)15-10-8-14(20)9-11-15/h8-11,13H,6-7,12H2,1-5H3. The van der Waals surface area contributed by atoms with Crippen LogP contribution in [0.3, 0.4) is 0 Å². The summed E-state index contributed by atoms with van der Waals surface area (Å²) in [5.74, 6) is -0.290. The third-order valence-corrected chi connectivity index (χ3v) is 6.02. The zero-order valence-electron chi connectivity index (χ0n) is 17.2. The Hall–Kier alpha value is -2.33. The molecule has 0 spiro atoms.